The number of benzene rings is 1. The van der Waals surface area contributed by atoms with Gasteiger partial charge in [-0.1, -0.05) is 17.7 Å². The molecule has 0 atom stereocenters. The van der Waals surface area contributed by atoms with Crippen molar-refractivity contribution < 1.29 is 4.84 Å². The summed E-state index contributed by atoms with van der Waals surface area (Å²) in [6, 6.07) is 5.87. The molecule has 1 aromatic rings. The molecule has 0 aliphatic carbocycles. The summed E-state index contributed by atoms with van der Waals surface area (Å²) in [5, 5.41) is 0.781. The number of rotatable bonds is 4. The minimum absolute atomic E-state index is 0.497. The summed E-state index contributed by atoms with van der Waals surface area (Å²) in [6.45, 7) is 0.497. The van der Waals surface area contributed by atoms with Gasteiger partial charge in [0.05, 0.1) is 6.61 Å². The van der Waals surface area contributed by atoms with Crippen molar-refractivity contribution in [1.82, 2.24) is 0 Å². The van der Waals surface area contributed by atoms with Crippen LogP contribution in [-0.4, -0.2) is 12.9 Å². The van der Waals surface area contributed by atoms with Crippen LogP contribution < -0.4 is 5.90 Å². The lowest BCUT2D eigenvalue weighted by Gasteiger charge is -2.08. The van der Waals surface area contributed by atoms with Crippen molar-refractivity contribution in [1.29, 1.82) is 0 Å². The van der Waals surface area contributed by atoms with Crippen molar-refractivity contribution in [2.24, 2.45) is 5.90 Å². The first-order valence-electron chi connectivity index (χ1n) is 3.92. The van der Waals surface area contributed by atoms with Crippen molar-refractivity contribution in [3.8, 4) is 0 Å². The molecule has 1 aromatic carbocycles. The second kappa shape index (κ2) is 5.50. The summed E-state index contributed by atoms with van der Waals surface area (Å²) in [5.41, 5.74) is 1.11. The quantitative estimate of drug-likeness (QED) is 0.622. The fraction of sp³-hybridized carbons (Fsp3) is 0.333. The van der Waals surface area contributed by atoms with Gasteiger partial charge in [-0.05, 0) is 24.0 Å². The highest BCUT2D eigenvalue weighted by Gasteiger charge is 2.05. The summed E-state index contributed by atoms with van der Waals surface area (Å²) in [7, 11) is 0. The van der Waals surface area contributed by atoms with Gasteiger partial charge >= 0.3 is 0 Å². The molecule has 0 aliphatic rings. The molecule has 0 aromatic heterocycles. The topological polar surface area (TPSA) is 35.2 Å². The predicted octanol–water partition coefficient (Wildman–Crippen LogP) is 2.49. The van der Waals surface area contributed by atoms with E-state index in [0.29, 0.717) is 6.61 Å². The third-order valence-electron chi connectivity index (χ3n) is 1.77. The predicted molar refractivity (Wildman–Crippen MR) is 57.1 cm³/mol. The van der Waals surface area contributed by atoms with E-state index in [2.05, 4.69) is 4.84 Å². The summed E-state index contributed by atoms with van der Waals surface area (Å²) in [6.07, 6.45) is 2.78. The zero-order chi connectivity index (χ0) is 9.68. The Labute approximate surface area is 87.4 Å². The van der Waals surface area contributed by atoms with Gasteiger partial charge in [0.1, 0.15) is 0 Å². The highest BCUT2D eigenvalue weighted by atomic mass is 35.5. The smallest absolute Gasteiger partial charge is 0.0720 e. The molecule has 0 spiro atoms. The molecule has 4 heteroatoms. The van der Waals surface area contributed by atoms with E-state index in [0.717, 1.165) is 17.0 Å². The average molecular weight is 218 g/mol. The molecule has 72 valence electrons. The van der Waals surface area contributed by atoms with Crippen molar-refractivity contribution in [2.75, 3.05) is 12.9 Å². The molecule has 0 saturated heterocycles. The first-order chi connectivity index (χ1) is 6.29. The standard InChI is InChI=1S/C9H12ClNOS/c1-13-9-4-2-3-8(10)7(9)5-6-12-11/h2-4H,5-6,11H2,1H3. The molecule has 0 fully saturated rings. The van der Waals surface area contributed by atoms with Crippen LogP contribution in [0.2, 0.25) is 5.02 Å². The van der Waals surface area contributed by atoms with Crippen molar-refractivity contribution in [3.63, 3.8) is 0 Å². The highest BCUT2D eigenvalue weighted by Crippen LogP contribution is 2.27. The second-order valence-electron chi connectivity index (χ2n) is 2.54. The van der Waals surface area contributed by atoms with Gasteiger partial charge in [-0.15, -0.1) is 11.8 Å². The van der Waals surface area contributed by atoms with Crippen LogP contribution in [0.25, 0.3) is 0 Å². The summed E-state index contributed by atoms with van der Waals surface area (Å²) < 4.78 is 0. The van der Waals surface area contributed by atoms with Crippen LogP contribution in [0.15, 0.2) is 23.1 Å². The van der Waals surface area contributed by atoms with Gasteiger partial charge in [-0.3, -0.25) is 0 Å². The van der Waals surface area contributed by atoms with E-state index in [1.165, 1.54) is 4.90 Å². The molecular weight excluding hydrogens is 206 g/mol. The van der Waals surface area contributed by atoms with E-state index in [-0.39, 0.29) is 0 Å². The number of thioether (sulfide) groups is 1. The van der Waals surface area contributed by atoms with E-state index >= 15 is 0 Å². The molecule has 0 heterocycles. The van der Waals surface area contributed by atoms with E-state index in [9.17, 15) is 0 Å². The molecule has 13 heavy (non-hydrogen) atoms. The third-order valence-corrected chi connectivity index (χ3v) is 2.94. The number of hydrogen-bond donors (Lipinski definition) is 1. The minimum Gasteiger partial charge on any atom is -0.304 e. The Balaban J connectivity index is 2.87. The summed E-state index contributed by atoms with van der Waals surface area (Å²) >= 11 is 7.71. The summed E-state index contributed by atoms with van der Waals surface area (Å²) in [5.74, 6) is 4.97. The van der Waals surface area contributed by atoms with Crippen LogP contribution in [0.4, 0.5) is 0 Å². The molecule has 0 aliphatic heterocycles. The Kier molecular flexibility index (Phi) is 4.59. The molecule has 0 radical (unpaired) electrons. The lowest BCUT2D eigenvalue weighted by Crippen LogP contribution is -2.04. The molecule has 2 nitrogen and oxygen atoms in total. The molecule has 0 bridgehead atoms. The Morgan fingerprint density at radius 1 is 1.54 bits per heavy atom. The van der Waals surface area contributed by atoms with Crippen molar-refractivity contribution >= 4 is 23.4 Å². The van der Waals surface area contributed by atoms with Gasteiger partial charge < -0.3 is 4.84 Å². The minimum atomic E-state index is 0.497. The Bertz CT molecular complexity index is 280. The SMILES string of the molecule is CSc1cccc(Cl)c1CCON. The number of halogens is 1. The van der Waals surface area contributed by atoms with Gasteiger partial charge in [0, 0.05) is 16.3 Å². The average Bonchev–Trinajstić information content (AvgIpc) is 2.15. The van der Waals surface area contributed by atoms with Crippen LogP contribution in [0.1, 0.15) is 5.56 Å². The van der Waals surface area contributed by atoms with Crippen molar-refractivity contribution in [2.45, 2.75) is 11.3 Å². The molecule has 0 saturated carbocycles. The van der Waals surface area contributed by atoms with Gasteiger partial charge in [0.25, 0.3) is 0 Å². The van der Waals surface area contributed by atoms with Gasteiger partial charge in [0.2, 0.25) is 0 Å². The van der Waals surface area contributed by atoms with Crippen LogP contribution in [0.3, 0.4) is 0 Å². The van der Waals surface area contributed by atoms with E-state index in [4.69, 9.17) is 17.5 Å². The highest BCUT2D eigenvalue weighted by molar-refractivity contribution is 7.98. The Morgan fingerprint density at radius 3 is 2.92 bits per heavy atom. The molecule has 0 amide bonds. The molecule has 2 N–H and O–H groups in total. The van der Waals surface area contributed by atoms with Crippen LogP contribution in [0, 0.1) is 0 Å². The van der Waals surface area contributed by atoms with Crippen LogP contribution >= 0.6 is 23.4 Å². The van der Waals surface area contributed by atoms with Gasteiger partial charge in [0.15, 0.2) is 0 Å². The maximum Gasteiger partial charge on any atom is 0.0720 e. The Hall–Kier alpha value is -0.220. The van der Waals surface area contributed by atoms with Crippen molar-refractivity contribution in [3.05, 3.63) is 28.8 Å². The fourth-order valence-corrected chi connectivity index (χ4v) is 2.13. The maximum atomic E-state index is 6.03. The second-order valence-corrected chi connectivity index (χ2v) is 3.80. The summed E-state index contributed by atoms with van der Waals surface area (Å²) in [4.78, 5) is 5.72. The monoisotopic (exact) mass is 217 g/mol. The normalized spacial score (nSPS) is 10.4. The maximum absolute atomic E-state index is 6.03. The lowest BCUT2D eigenvalue weighted by atomic mass is 10.1. The third kappa shape index (κ3) is 2.88. The number of nitrogens with two attached hydrogens (primary N) is 1. The molecule has 0 unspecified atom stereocenters. The zero-order valence-electron chi connectivity index (χ0n) is 7.42. The van der Waals surface area contributed by atoms with Gasteiger partial charge in [-0.25, -0.2) is 5.90 Å². The van der Waals surface area contributed by atoms with Gasteiger partial charge in [-0.2, -0.15) is 0 Å². The van der Waals surface area contributed by atoms with Crippen LogP contribution in [0.5, 0.6) is 0 Å². The Morgan fingerprint density at radius 2 is 2.31 bits per heavy atom. The van der Waals surface area contributed by atoms with E-state index in [1.54, 1.807) is 11.8 Å². The lowest BCUT2D eigenvalue weighted by molar-refractivity contribution is 0.141. The molecule has 1 rings (SSSR count). The first kappa shape index (κ1) is 10.9. The largest absolute Gasteiger partial charge is 0.304 e. The fourth-order valence-electron chi connectivity index (χ4n) is 1.13. The first-order valence-corrected chi connectivity index (χ1v) is 5.53. The number of hydrogen-bond acceptors (Lipinski definition) is 3. The zero-order valence-corrected chi connectivity index (χ0v) is 8.99. The molecular formula is C9H12ClNOS. The van der Waals surface area contributed by atoms with E-state index < -0.39 is 0 Å². The van der Waals surface area contributed by atoms with Crippen LogP contribution in [-0.2, 0) is 11.3 Å². The van der Waals surface area contributed by atoms with E-state index in [1.807, 2.05) is 24.5 Å².